The maximum atomic E-state index is 12.0. The molecule has 1 aliphatic rings. The molecule has 1 atom stereocenters. The highest BCUT2D eigenvalue weighted by Gasteiger charge is 2.31. The van der Waals surface area contributed by atoms with Crippen LogP contribution in [0, 0.1) is 0 Å². The van der Waals surface area contributed by atoms with Crippen molar-refractivity contribution >= 4 is 17.8 Å². The molecule has 1 saturated heterocycles. The second kappa shape index (κ2) is 6.18. The lowest BCUT2D eigenvalue weighted by atomic mass is 10.1. The van der Waals surface area contributed by atoms with Gasteiger partial charge in [0.2, 0.25) is 5.78 Å². The van der Waals surface area contributed by atoms with Crippen LogP contribution in [-0.2, 0) is 20.7 Å². The van der Waals surface area contributed by atoms with Crippen LogP contribution in [-0.4, -0.2) is 41.9 Å². The summed E-state index contributed by atoms with van der Waals surface area (Å²) in [5, 5.41) is 0. The predicted molar refractivity (Wildman–Crippen MR) is 70.8 cm³/mol. The van der Waals surface area contributed by atoms with Crippen LogP contribution in [0.1, 0.15) is 12.0 Å². The Morgan fingerprint density at radius 3 is 2.60 bits per heavy atom. The molecule has 1 heterocycles. The normalized spacial score (nSPS) is 17.8. The van der Waals surface area contributed by atoms with Gasteiger partial charge in [-0.1, -0.05) is 30.3 Å². The molecular formula is C14H16N2O4. The summed E-state index contributed by atoms with van der Waals surface area (Å²) in [6.07, 6.45) is -0.689. The van der Waals surface area contributed by atoms with E-state index in [0.717, 1.165) is 5.56 Å². The minimum Gasteiger partial charge on any atom is -0.444 e. The van der Waals surface area contributed by atoms with Crippen LogP contribution in [0.5, 0.6) is 0 Å². The van der Waals surface area contributed by atoms with Crippen LogP contribution >= 0.6 is 0 Å². The average Bonchev–Trinajstić information content (AvgIpc) is 2.86. The SMILES string of the molecule is NC(=O)OC1CCN(C(=O)C(=O)Cc2ccccc2)C1. The van der Waals surface area contributed by atoms with Crippen molar-refractivity contribution in [3.63, 3.8) is 0 Å². The summed E-state index contributed by atoms with van der Waals surface area (Å²) in [5.41, 5.74) is 5.73. The molecule has 1 aromatic carbocycles. The van der Waals surface area contributed by atoms with Gasteiger partial charge in [-0.25, -0.2) is 4.79 Å². The van der Waals surface area contributed by atoms with Crippen LogP contribution in [0.15, 0.2) is 30.3 Å². The third-order valence-corrected chi connectivity index (χ3v) is 3.16. The number of likely N-dealkylation sites (tertiary alicyclic amines) is 1. The smallest absolute Gasteiger partial charge is 0.404 e. The van der Waals surface area contributed by atoms with E-state index in [1.54, 1.807) is 12.1 Å². The van der Waals surface area contributed by atoms with Gasteiger partial charge in [-0.2, -0.15) is 0 Å². The molecule has 0 spiro atoms. The molecule has 20 heavy (non-hydrogen) atoms. The van der Waals surface area contributed by atoms with Crippen LogP contribution in [0.3, 0.4) is 0 Å². The first kappa shape index (κ1) is 14.0. The molecule has 0 aliphatic carbocycles. The van der Waals surface area contributed by atoms with Gasteiger partial charge in [0.15, 0.2) is 0 Å². The molecule has 2 amide bonds. The lowest BCUT2D eigenvalue weighted by Crippen LogP contribution is -2.37. The van der Waals surface area contributed by atoms with Crippen molar-refractivity contribution in [2.75, 3.05) is 13.1 Å². The van der Waals surface area contributed by atoms with Crippen molar-refractivity contribution in [3.05, 3.63) is 35.9 Å². The number of carbonyl (C=O) groups excluding carboxylic acids is 3. The van der Waals surface area contributed by atoms with Crippen molar-refractivity contribution < 1.29 is 19.1 Å². The van der Waals surface area contributed by atoms with Crippen molar-refractivity contribution in [2.45, 2.75) is 18.9 Å². The molecule has 1 aliphatic heterocycles. The number of Topliss-reactive ketones (excluding diaryl/α,β-unsaturated/α-hetero) is 1. The van der Waals surface area contributed by atoms with Crippen molar-refractivity contribution in [1.29, 1.82) is 0 Å². The lowest BCUT2D eigenvalue weighted by molar-refractivity contribution is -0.143. The number of carbonyl (C=O) groups is 3. The average molecular weight is 276 g/mol. The molecule has 0 aromatic heterocycles. The van der Waals surface area contributed by atoms with Gasteiger partial charge in [0.05, 0.1) is 6.54 Å². The molecule has 1 fully saturated rings. The molecule has 1 unspecified atom stereocenters. The fourth-order valence-electron chi connectivity index (χ4n) is 2.21. The molecule has 6 heteroatoms. The van der Waals surface area contributed by atoms with Gasteiger partial charge in [0.25, 0.3) is 5.91 Å². The van der Waals surface area contributed by atoms with E-state index in [0.29, 0.717) is 13.0 Å². The molecule has 0 radical (unpaired) electrons. The zero-order valence-corrected chi connectivity index (χ0v) is 11.0. The quantitative estimate of drug-likeness (QED) is 0.811. The van der Waals surface area contributed by atoms with E-state index in [2.05, 4.69) is 0 Å². The van der Waals surface area contributed by atoms with E-state index in [4.69, 9.17) is 10.5 Å². The molecule has 6 nitrogen and oxygen atoms in total. The van der Waals surface area contributed by atoms with E-state index < -0.39 is 23.9 Å². The number of nitrogens with two attached hydrogens (primary N) is 1. The second-order valence-electron chi connectivity index (χ2n) is 4.68. The number of ether oxygens (including phenoxy) is 1. The van der Waals surface area contributed by atoms with Gasteiger partial charge in [-0.3, -0.25) is 9.59 Å². The van der Waals surface area contributed by atoms with Crippen LogP contribution < -0.4 is 5.73 Å². The van der Waals surface area contributed by atoms with Gasteiger partial charge in [0, 0.05) is 19.4 Å². The minimum atomic E-state index is -0.861. The number of amides is 2. The molecule has 0 bridgehead atoms. The highest BCUT2D eigenvalue weighted by molar-refractivity contribution is 6.36. The Bertz CT molecular complexity index is 515. The third-order valence-electron chi connectivity index (χ3n) is 3.16. The van der Waals surface area contributed by atoms with E-state index in [1.165, 1.54) is 4.90 Å². The van der Waals surface area contributed by atoms with E-state index in [1.807, 2.05) is 18.2 Å². The van der Waals surface area contributed by atoms with E-state index in [-0.39, 0.29) is 13.0 Å². The molecule has 0 saturated carbocycles. The van der Waals surface area contributed by atoms with Gasteiger partial charge >= 0.3 is 6.09 Å². The summed E-state index contributed by atoms with van der Waals surface area (Å²) in [4.78, 5) is 35.9. The van der Waals surface area contributed by atoms with Crippen molar-refractivity contribution in [3.8, 4) is 0 Å². The summed E-state index contributed by atoms with van der Waals surface area (Å²) in [6, 6.07) is 9.09. The number of rotatable bonds is 4. The number of hydrogen-bond acceptors (Lipinski definition) is 4. The zero-order valence-electron chi connectivity index (χ0n) is 11.0. The van der Waals surface area contributed by atoms with Crippen molar-refractivity contribution in [1.82, 2.24) is 4.90 Å². The summed E-state index contributed by atoms with van der Waals surface area (Å²) >= 11 is 0. The maximum Gasteiger partial charge on any atom is 0.404 e. The lowest BCUT2D eigenvalue weighted by Gasteiger charge is -2.15. The first-order valence-corrected chi connectivity index (χ1v) is 6.38. The topological polar surface area (TPSA) is 89.7 Å². The first-order valence-electron chi connectivity index (χ1n) is 6.38. The van der Waals surface area contributed by atoms with Crippen LogP contribution in [0.25, 0.3) is 0 Å². The molecule has 2 N–H and O–H groups in total. The maximum absolute atomic E-state index is 12.0. The molecule has 106 valence electrons. The fraction of sp³-hybridized carbons (Fsp3) is 0.357. The van der Waals surface area contributed by atoms with Gasteiger partial charge in [0.1, 0.15) is 6.10 Å². The van der Waals surface area contributed by atoms with Gasteiger partial charge in [-0.05, 0) is 5.56 Å². The Morgan fingerprint density at radius 1 is 1.25 bits per heavy atom. The van der Waals surface area contributed by atoms with Gasteiger partial charge < -0.3 is 15.4 Å². The number of ketones is 1. The third kappa shape index (κ3) is 3.57. The first-order chi connectivity index (χ1) is 9.56. The summed E-state index contributed by atoms with van der Waals surface area (Å²) in [7, 11) is 0. The summed E-state index contributed by atoms with van der Waals surface area (Å²) in [5.74, 6) is -1.000. The number of primary amides is 1. The largest absolute Gasteiger partial charge is 0.444 e. The van der Waals surface area contributed by atoms with Crippen LogP contribution in [0.2, 0.25) is 0 Å². The molecule has 2 rings (SSSR count). The highest BCUT2D eigenvalue weighted by atomic mass is 16.6. The monoisotopic (exact) mass is 276 g/mol. The van der Waals surface area contributed by atoms with Crippen molar-refractivity contribution in [2.24, 2.45) is 5.73 Å². The Hall–Kier alpha value is -2.37. The zero-order chi connectivity index (χ0) is 14.5. The number of nitrogens with zero attached hydrogens (tertiary/aromatic N) is 1. The Morgan fingerprint density at radius 2 is 1.95 bits per heavy atom. The Balaban J connectivity index is 1.88. The number of benzene rings is 1. The van der Waals surface area contributed by atoms with E-state index >= 15 is 0 Å². The van der Waals surface area contributed by atoms with Gasteiger partial charge in [-0.15, -0.1) is 0 Å². The second-order valence-corrected chi connectivity index (χ2v) is 4.68. The van der Waals surface area contributed by atoms with Crippen LogP contribution in [0.4, 0.5) is 4.79 Å². The molecule has 1 aromatic rings. The standard InChI is InChI=1S/C14H16N2O4/c15-14(19)20-11-6-7-16(9-11)13(18)12(17)8-10-4-2-1-3-5-10/h1-5,11H,6-9H2,(H2,15,19). The minimum absolute atomic E-state index is 0.0809. The highest BCUT2D eigenvalue weighted by Crippen LogP contribution is 2.13. The summed E-state index contributed by atoms with van der Waals surface area (Å²) < 4.78 is 4.82. The Kier molecular flexibility index (Phi) is 4.34. The summed E-state index contributed by atoms with van der Waals surface area (Å²) in [6.45, 7) is 0.625. The Labute approximate surface area is 116 Å². The fourth-order valence-corrected chi connectivity index (χ4v) is 2.21. The van der Waals surface area contributed by atoms with E-state index in [9.17, 15) is 14.4 Å². The number of hydrogen-bond donors (Lipinski definition) is 1. The predicted octanol–water partition coefficient (Wildman–Crippen LogP) is 0.494. The molecular weight excluding hydrogens is 260 g/mol.